The van der Waals surface area contributed by atoms with E-state index in [0.29, 0.717) is 0 Å². The molecular formula is C13H13ClN2S. The second kappa shape index (κ2) is 4.64. The molecule has 0 amide bonds. The van der Waals surface area contributed by atoms with Crippen LogP contribution in [0.3, 0.4) is 0 Å². The Hall–Kier alpha value is -1.11. The van der Waals surface area contributed by atoms with E-state index in [2.05, 4.69) is 48.7 Å². The van der Waals surface area contributed by atoms with E-state index >= 15 is 0 Å². The van der Waals surface area contributed by atoms with Gasteiger partial charge in [0.1, 0.15) is 16.7 Å². The molecule has 1 atom stereocenters. The number of halogens is 1. The fourth-order valence-corrected chi connectivity index (χ4v) is 2.57. The summed E-state index contributed by atoms with van der Waals surface area (Å²) in [6.07, 6.45) is 3.24. The Balaban J connectivity index is 2.25. The van der Waals surface area contributed by atoms with Gasteiger partial charge in [-0.1, -0.05) is 44.2 Å². The Bertz CT molecular complexity index is 526. The molecule has 1 aliphatic rings. The first-order valence-corrected chi connectivity index (χ1v) is 6.52. The average Bonchev–Trinajstić information content (AvgIpc) is 2.83. The molecule has 0 bridgehead atoms. The topological polar surface area (TPSA) is 24.7 Å². The smallest absolute Gasteiger partial charge is 0.147 e. The van der Waals surface area contributed by atoms with Gasteiger partial charge in [0.2, 0.25) is 0 Å². The molecule has 0 N–H and O–H groups in total. The van der Waals surface area contributed by atoms with Gasteiger partial charge in [-0.25, -0.2) is 4.99 Å². The molecule has 1 aromatic rings. The molecule has 0 aliphatic carbocycles. The average molecular weight is 265 g/mol. The molecule has 1 aliphatic heterocycles. The highest BCUT2D eigenvalue weighted by Crippen LogP contribution is 2.35. The Labute approximate surface area is 110 Å². The van der Waals surface area contributed by atoms with Crippen LogP contribution in [0.5, 0.6) is 0 Å². The Morgan fingerprint density at radius 1 is 1.41 bits per heavy atom. The van der Waals surface area contributed by atoms with E-state index in [0.717, 1.165) is 9.90 Å². The third-order valence-corrected chi connectivity index (χ3v) is 4.09. The van der Waals surface area contributed by atoms with Crippen molar-refractivity contribution in [3.63, 3.8) is 0 Å². The molecular weight excluding hydrogens is 252 g/mol. The van der Waals surface area contributed by atoms with Crippen molar-refractivity contribution in [1.82, 2.24) is 0 Å². The lowest BCUT2D eigenvalue weighted by atomic mass is 9.94. The van der Waals surface area contributed by atoms with Gasteiger partial charge in [0.25, 0.3) is 0 Å². The van der Waals surface area contributed by atoms with Gasteiger partial charge in [0, 0.05) is 11.1 Å². The zero-order chi connectivity index (χ0) is 12.5. The molecule has 0 fully saturated rings. The quantitative estimate of drug-likeness (QED) is 0.641. The second-order valence-electron chi connectivity index (χ2n) is 4.82. The maximum atomic E-state index is 6.18. The van der Waals surface area contributed by atoms with E-state index in [-0.39, 0.29) is 11.5 Å². The van der Waals surface area contributed by atoms with Crippen molar-refractivity contribution in [2.45, 2.75) is 32.2 Å². The monoisotopic (exact) mass is 264 g/mol. The summed E-state index contributed by atoms with van der Waals surface area (Å²) in [5.74, 6) is 6.10. The van der Waals surface area contributed by atoms with Crippen molar-refractivity contribution in [3.05, 3.63) is 20.8 Å². The molecule has 88 valence electrons. The van der Waals surface area contributed by atoms with Crippen molar-refractivity contribution in [1.29, 1.82) is 0 Å². The number of rotatable bonds is 0. The van der Waals surface area contributed by atoms with Crippen LogP contribution in [0.2, 0.25) is 4.34 Å². The summed E-state index contributed by atoms with van der Waals surface area (Å²) in [6, 6.07) is 1.94. The predicted octanol–water partition coefficient (Wildman–Crippen LogP) is 3.53. The lowest BCUT2D eigenvalue weighted by molar-refractivity contribution is 0.604. The maximum Gasteiger partial charge on any atom is 0.147 e. The maximum absolute atomic E-state index is 6.18. The molecule has 2 rings (SSSR count). The summed E-state index contributed by atoms with van der Waals surface area (Å²) in [5, 5.41) is 0. The van der Waals surface area contributed by atoms with Crippen LogP contribution >= 0.6 is 22.9 Å². The summed E-state index contributed by atoms with van der Waals surface area (Å²) in [6.45, 7) is 6.50. The number of aliphatic imine (C=N–C) groups is 2. The summed E-state index contributed by atoms with van der Waals surface area (Å²) in [7, 11) is 0. The van der Waals surface area contributed by atoms with E-state index in [1.54, 1.807) is 17.6 Å². The molecule has 17 heavy (non-hydrogen) atoms. The fraction of sp³-hybridized carbons (Fsp3) is 0.385. The van der Waals surface area contributed by atoms with Crippen molar-refractivity contribution < 1.29 is 0 Å². The van der Waals surface area contributed by atoms with E-state index in [1.165, 1.54) is 11.2 Å². The lowest BCUT2D eigenvalue weighted by Gasteiger charge is -2.14. The van der Waals surface area contributed by atoms with E-state index in [9.17, 15) is 0 Å². The molecule has 0 radical (unpaired) electrons. The number of hydrogen-bond acceptors (Lipinski definition) is 3. The zero-order valence-corrected chi connectivity index (χ0v) is 11.6. The van der Waals surface area contributed by atoms with Crippen LogP contribution in [0, 0.1) is 11.8 Å². The third-order valence-electron chi connectivity index (χ3n) is 2.30. The van der Waals surface area contributed by atoms with Gasteiger partial charge in [0.05, 0.1) is 5.56 Å². The molecule has 1 unspecified atom stereocenters. The van der Waals surface area contributed by atoms with Gasteiger partial charge in [-0.15, -0.1) is 11.3 Å². The predicted molar refractivity (Wildman–Crippen MR) is 75.7 cm³/mol. The highest BCUT2D eigenvalue weighted by Gasteiger charge is 2.18. The lowest BCUT2D eigenvalue weighted by Crippen LogP contribution is -2.07. The van der Waals surface area contributed by atoms with Crippen LogP contribution in [0.15, 0.2) is 16.1 Å². The van der Waals surface area contributed by atoms with Crippen LogP contribution in [0.4, 0.5) is 0 Å². The number of nitrogens with zero attached hydrogens (tertiary/aromatic N) is 2. The van der Waals surface area contributed by atoms with Crippen LogP contribution < -0.4 is 0 Å². The van der Waals surface area contributed by atoms with Gasteiger partial charge in [0.15, 0.2) is 0 Å². The second-order valence-corrected chi connectivity index (χ2v) is 6.48. The van der Waals surface area contributed by atoms with Gasteiger partial charge in [-0.3, -0.25) is 4.99 Å². The Morgan fingerprint density at radius 2 is 2.18 bits per heavy atom. The minimum absolute atomic E-state index is 0.112. The van der Waals surface area contributed by atoms with Crippen LogP contribution in [-0.2, 0) is 5.41 Å². The number of hydrogen-bond donors (Lipinski definition) is 0. The van der Waals surface area contributed by atoms with Gasteiger partial charge < -0.3 is 0 Å². The van der Waals surface area contributed by atoms with Gasteiger partial charge in [-0.2, -0.15) is 0 Å². The summed E-state index contributed by atoms with van der Waals surface area (Å²) >= 11 is 7.78. The Morgan fingerprint density at radius 3 is 2.71 bits per heavy atom. The summed E-state index contributed by atoms with van der Waals surface area (Å²) in [5.41, 5.74) is 0.999. The zero-order valence-electron chi connectivity index (χ0n) is 9.99. The van der Waals surface area contributed by atoms with E-state index in [4.69, 9.17) is 11.6 Å². The van der Waals surface area contributed by atoms with E-state index in [1.807, 2.05) is 0 Å². The molecule has 0 saturated carbocycles. The molecule has 4 heteroatoms. The third kappa shape index (κ3) is 2.96. The minimum atomic E-state index is -0.121. The van der Waals surface area contributed by atoms with E-state index < -0.39 is 0 Å². The fourth-order valence-electron chi connectivity index (χ4n) is 1.32. The molecule has 0 spiro atoms. The van der Waals surface area contributed by atoms with Crippen molar-refractivity contribution in [2.75, 3.05) is 0 Å². The van der Waals surface area contributed by atoms with Gasteiger partial charge in [-0.05, 0) is 11.5 Å². The van der Waals surface area contributed by atoms with Crippen molar-refractivity contribution in [3.8, 4) is 11.8 Å². The van der Waals surface area contributed by atoms with Crippen LogP contribution in [0.25, 0.3) is 0 Å². The van der Waals surface area contributed by atoms with Crippen LogP contribution in [0.1, 0.15) is 31.2 Å². The summed E-state index contributed by atoms with van der Waals surface area (Å²) < 4.78 is 0.751. The molecule has 2 nitrogen and oxygen atoms in total. The highest BCUT2D eigenvalue weighted by molar-refractivity contribution is 7.16. The molecule has 1 aromatic heterocycles. The first-order valence-electron chi connectivity index (χ1n) is 5.33. The molecule has 0 saturated heterocycles. The number of thiophene rings is 1. The SMILES string of the molecule is CC(C)(C)c1cc(C#CC2C=NC=N2)c(Cl)s1. The summed E-state index contributed by atoms with van der Waals surface area (Å²) in [4.78, 5) is 9.22. The highest BCUT2D eigenvalue weighted by atomic mass is 35.5. The Kier molecular flexibility index (Phi) is 3.37. The first kappa shape index (κ1) is 12.3. The first-order chi connectivity index (χ1) is 7.97. The van der Waals surface area contributed by atoms with Crippen LogP contribution in [-0.4, -0.2) is 18.6 Å². The normalized spacial score (nSPS) is 18.2. The molecule has 0 aromatic carbocycles. The van der Waals surface area contributed by atoms with Crippen molar-refractivity contribution >= 4 is 35.5 Å². The largest absolute Gasteiger partial charge is 0.251 e. The molecule has 2 heterocycles. The minimum Gasteiger partial charge on any atom is -0.251 e. The standard InChI is InChI=1S/C13H13ClN2S/c1-13(2,3)11-6-9(12(14)17-11)4-5-10-7-15-8-16-10/h6-8,10H,1-3H3. The van der Waals surface area contributed by atoms with Crippen molar-refractivity contribution in [2.24, 2.45) is 9.98 Å². The van der Waals surface area contributed by atoms with Gasteiger partial charge >= 0.3 is 0 Å².